The molecule has 0 unspecified atom stereocenters. The number of rotatable bonds is 5. The number of hydrogen-bond acceptors (Lipinski definition) is 5. The van der Waals surface area contributed by atoms with Crippen LogP contribution in [0.2, 0.25) is 0 Å². The van der Waals surface area contributed by atoms with Gasteiger partial charge in [0.25, 0.3) is 5.91 Å². The lowest BCUT2D eigenvalue weighted by atomic mass is 9.90. The minimum Gasteiger partial charge on any atom is -0.383 e. The van der Waals surface area contributed by atoms with Crippen molar-refractivity contribution in [2.45, 2.75) is 26.7 Å². The number of ketones is 1. The molecule has 8 heteroatoms. The molecular formula is C25H27N5O3. The molecule has 2 aromatic carbocycles. The number of nitrogens with one attached hydrogen (secondary N) is 1. The molecule has 4 rings (SSSR count). The molecule has 1 fully saturated rings. The summed E-state index contributed by atoms with van der Waals surface area (Å²) in [5, 5.41) is 7.01. The number of nitrogen functional groups attached to an aromatic ring is 1. The first-order valence-corrected chi connectivity index (χ1v) is 10.9. The lowest BCUT2D eigenvalue weighted by Crippen LogP contribution is -2.42. The van der Waals surface area contributed by atoms with Crippen molar-refractivity contribution in [3.05, 3.63) is 71.4 Å². The van der Waals surface area contributed by atoms with Crippen LogP contribution in [0.3, 0.4) is 0 Å². The van der Waals surface area contributed by atoms with Crippen molar-refractivity contribution in [2.75, 3.05) is 24.1 Å². The molecule has 3 N–H and O–H groups in total. The molecule has 170 valence electrons. The van der Waals surface area contributed by atoms with Crippen LogP contribution in [0.15, 0.2) is 54.7 Å². The van der Waals surface area contributed by atoms with Gasteiger partial charge < -0.3 is 16.0 Å². The third kappa shape index (κ3) is 4.79. The summed E-state index contributed by atoms with van der Waals surface area (Å²) in [5.41, 5.74) is 9.73. The summed E-state index contributed by atoms with van der Waals surface area (Å²) in [6.07, 6.45) is 2.94. The highest BCUT2D eigenvalue weighted by Gasteiger charge is 2.31. The van der Waals surface area contributed by atoms with Gasteiger partial charge in [0.2, 0.25) is 5.91 Å². The van der Waals surface area contributed by atoms with E-state index >= 15 is 0 Å². The average molecular weight is 446 g/mol. The van der Waals surface area contributed by atoms with Gasteiger partial charge in [0.05, 0.1) is 17.4 Å². The van der Waals surface area contributed by atoms with Crippen LogP contribution in [-0.4, -0.2) is 45.4 Å². The van der Waals surface area contributed by atoms with Gasteiger partial charge in [-0.2, -0.15) is 5.10 Å². The van der Waals surface area contributed by atoms with Gasteiger partial charge in [-0.1, -0.05) is 17.7 Å². The monoisotopic (exact) mass is 445 g/mol. The van der Waals surface area contributed by atoms with Crippen LogP contribution < -0.4 is 11.1 Å². The van der Waals surface area contributed by atoms with E-state index in [0.29, 0.717) is 42.1 Å². The van der Waals surface area contributed by atoms with Crippen molar-refractivity contribution in [2.24, 2.45) is 5.92 Å². The second kappa shape index (κ2) is 9.28. The number of nitrogens with two attached hydrogens (primary N) is 1. The molecule has 1 saturated heterocycles. The zero-order chi connectivity index (χ0) is 23.5. The Kier molecular flexibility index (Phi) is 6.26. The number of aromatic nitrogens is 2. The molecular weight excluding hydrogens is 418 g/mol. The smallest absolute Gasteiger partial charge is 0.253 e. The van der Waals surface area contributed by atoms with Gasteiger partial charge in [0.15, 0.2) is 5.78 Å². The fourth-order valence-corrected chi connectivity index (χ4v) is 4.12. The summed E-state index contributed by atoms with van der Waals surface area (Å²) >= 11 is 0. The van der Waals surface area contributed by atoms with Gasteiger partial charge in [-0.3, -0.25) is 14.4 Å². The molecule has 2 amide bonds. The number of likely N-dealkylation sites (tertiary alicyclic amines) is 1. The van der Waals surface area contributed by atoms with Crippen LogP contribution in [0.5, 0.6) is 0 Å². The molecule has 33 heavy (non-hydrogen) atoms. The van der Waals surface area contributed by atoms with Crippen LogP contribution in [0.4, 0.5) is 11.5 Å². The Bertz CT molecular complexity index is 1180. The lowest BCUT2D eigenvalue weighted by molar-refractivity contribution is -0.114. The summed E-state index contributed by atoms with van der Waals surface area (Å²) in [6.45, 7) is 4.36. The van der Waals surface area contributed by atoms with Crippen LogP contribution in [-0.2, 0) is 4.79 Å². The van der Waals surface area contributed by atoms with Gasteiger partial charge in [-0.05, 0) is 56.2 Å². The Balaban J connectivity index is 1.47. The Morgan fingerprint density at radius 1 is 1.06 bits per heavy atom. The van der Waals surface area contributed by atoms with E-state index in [1.165, 1.54) is 13.1 Å². The predicted octanol–water partition coefficient (Wildman–Crippen LogP) is 3.46. The number of piperidine rings is 1. The summed E-state index contributed by atoms with van der Waals surface area (Å²) < 4.78 is 1.56. The molecule has 0 aliphatic carbocycles. The molecule has 8 nitrogen and oxygen atoms in total. The molecule has 2 heterocycles. The molecule has 1 aliphatic rings. The fourth-order valence-electron chi connectivity index (χ4n) is 4.12. The lowest BCUT2D eigenvalue weighted by Gasteiger charge is -2.32. The quantitative estimate of drug-likeness (QED) is 0.585. The van der Waals surface area contributed by atoms with Crippen molar-refractivity contribution in [3.63, 3.8) is 0 Å². The van der Waals surface area contributed by atoms with E-state index in [2.05, 4.69) is 10.4 Å². The average Bonchev–Trinajstić information content (AvgIpc) is 3.20. The number of anilines is 2. The van der Waals surface area contributed by atoms with E-state index in [9.17, 15) is 14.4 Å². The SMILES string of the molecule is CC(=O)Nc1ccc(C(=O)N2CCC[C@@H](C(=O)c3cnn(-c4ccc(C)cc4)c3N)C2)cc1. The van der Waals surface area contributed by atoms with Crippen LogP contribution in [0.25, 0.3) is 5.69 Å². The maximum absolute atomic E-state index is 13.3. The number of benzene rings is 2. The Morgan fingerprint density at radius 3 is 2.42 bits per heavy atom. The highest BCUT2D eigenvalue weighted by Crippen LogP contribution is 2.26. The summed E-state index contributed by atoms with van der Waals surface area (Å²) in [7, 11) is 0. The van der Waals surface area contributed by atoms with E-state index in [1.54, 1.807) is 33.8 Å². The largest absolute Gasteiger partial charge is 0.383 e. The highest BCUT2D eigenvalue weighted by molar-refractivity contribution is 6.02. The van der Waals surface area contributed by atoms with Crippen LogP contribution >= 0.6 is 0 Å². The maximum atomic E-state index is 13.3. The summed E-state index contributed by atoms with van der Waals surface area (Å²) in [5.74, 6) is -0.425. The zero-order valence-electron chi connectivity index (χ0n) is 18.7. The minimum absolute atomic E-state index is 0.0932. The summed E-state index contributed by atoms with van der Waals surface area (Å²) in [4.78, 5) is 39.2. The molecule has 0 radical (unpaired) electrons. The summed E-state index contributed by atoms with van der Waals surface area (Å²) in [6, 6.07) is 14.5. The number of carbonyl (C=O) groups excluding carboxylic acids is 3. The predicted molar refractivity (Wildman–Crippen MR) is 126 cm³/mol. The molecule has 0 bridgehead atoms. The fraction of sp³-hybridized carbons (Fsp3) is 0.280. The number of nitrogens with zero attached hydrogens (tertiary/aromatic N) is 3. The Morgan fingerprint density at radius 2 is 1.76 bits per heavy atom. The van der Waals surface area contributed by atoms with Crippen molar-refractivity contribution >= 4 is 29.1 Å². The molecule has 1 aliphatic heterocycles. The van der Waals surface area contributed by atoms with Gasteiger partial charge >= 0.3 is 0 Å². The second-order valence-electron chi connectivity index (χ2n) is 8.40. The Labute approximate surface area is 192 Å². The van der Waals surface area contributed by atoms with E-state index in [-0.39, 0.29) is 23.5 Å². The van der Waals surface area contributed by atoms with E-state index in [0.717, 1.165) is 17.7 Å². The van der Waals surface area contributed by atoms with Gasteiger partial charge in [0.1, 0.15) is 5.82 Å². The first-order chi connectivity index (χ1) is 15.8. The van der Waals surface area contributed by atoms with E-state index in [4.69, 9.17) is 5.73 Å². The molecule has 1 aromatic heterocycles. The van der Waals surface area contributed by atoms with E-state index in [1.807, 2.05) is 31.2 Å². The van der Waals surface area contributed by atoms with E-state index < -0.39 is 0 Å². The number of hydrogen-bond donors (Lipinski definition) is 2. The first kappa shape index (κ1) is 22.3. The molecule has 3 aromatic rings. The van der Waals surface area contributed by atoms with Crippen molar-refractivity contribution in [1.82, 2.24) is 14.7 Å². The standard InChI is InChI=1S/C25H27N5O3/c1-16-5-11-21(12-6-16)30-24(26)22(14-27-30)23(32)19-4-3-13-29(15-19)25(33)18-7-9-20(10-8-18)28-17(2)31/h5-12,14,19H,3-4,13,15,26H2,1-2H3,(H,28,31)/t19-/m1/s1. The zero-order valence-corrected chi connectivity index (χ0v) is 18.7. The molecule has 0 saturated carbocycles. The van der Waals surface area contributed by atoms with Gasteiger partial charge in [0, 0.05) is 37.2 Å². The number of amides is 2. The third-order valence-corrected chi connectivity index (χ3v) is 5.88. The Hall–Kier alpha value is -3.94. The minimum atomic E-state index is -0.334. The number of carbonyl (C=O) groups is 3. The second-order valence-corrected chi connectivity index (χ2v) is 8.40. The molecule has 0 spiro atoms. The highest BCUT2D eigenvalue weighted by atomic mass is 16.2. The normalized spacial score (nSPS) is 15.8. The van der Waals surface area contributed by atoms with Crippen molar-refractivity contribution < 1.29 is 14.4 Å². The van der Waals surface area contributed by atoms with Gasteiger partial charge in [-0.15, -0.1) is 0 Å². The van der Waals surface area contributed by atoms with Crippen molar-refractivity contribution in [3.8, 4) is 5.69 Å². The topological polar surface area (TPSA) is 110 Å². The van der Waals surface area contributed by atoms with Crippen molar-refractivity contribution in [1.29, 1.82) is 0 Å². The number of aryl methyl sites for hydroxylation is 1. The number of Topliss-reactive ketones (excluding diaryl/α,β-unsaturated/α-hetero) is 1. The third-order valence-electron chi connectivity index (χ3n) is 5.88. The van der Waals surface area contributed by atoms with Gasteiger partial charge in [-0.25, -0.2) is 4.68 Å². The first-order valence-electron chi connectivity index (χ1n) is 10.9. The van der Waals surface area contributed by atoms with Crippen LogP contribution in [0, 0.1) is 12.8 Å². The van der Waals surface area contributed by atoms with Crippen LogP contribution in [0.1, 0.15) is 46.0 Å². The maximum Gasteiger partial charge on any atom is 0.253 e. The molecule has 1 atom stereocenters.